The molecule has 0 fully saturated rings. The van der Waals surface area contributed by atoms with E-state index in [1.54, 1.807) is 30.3 Å². The fraction of sp³-hybridized carbons (Fsp3) is 0.217. The molecule has 0 aliphatic carbocycles. The molecule has 0 unspecified atom stereocenters. The zero-order valence-electron chi connectivity index (χ0n) is 17.6. The van der Waals surface area contributed by atoms with E-state index in [-0.39, 0.29) is 37.8 Å². The highest BCUT2D eigenvalue weighted by molar-refractivity contribution is 6.31. The van der Waals surface area contributed by atoms with E-state index in [1.807, 2.05) is 12.1 Å². The van der Waals surface area contributed by atoms with Gasteiger partial charge < -0.3 is 24.4 Å². The Morgan fingerprint density at radius 2 is 1.79 bits per heavy atom. The average Bonchev–Trinajstić information content (AvgIpc) is 2.83. The Kier molecular flexibility index (Phi) is 7.33. The van der Waals surface area contributed by atoms with Gasteiger partial charge in [-0.1, -0.05) is 23.7 Å². The third kappa shape index (κ3) is 5.97. The summed E-state index contributed by atoms with van der Waals surface area (Å²) in [5.74, 6) is 0.580. The van der Waals surface area contributed by atoms with Crippen LogP contribution in [0, 0.1) is 0 Å². The number of aromatic nitrogens is 2. The number of amides is 2. The second-order valence-corrected chi connectivity index (χ2v) is 7.49. The quantitative estimate of drug-likeness (QED) is 0.583. The molecule has 0 atom stereocenters. The molecule has 10 heteroatoms. The molecule has 0 bridgehead atoms. The molecule has 2 aromatic carbocycles. The number of halogens is 1. The maximum Gasteiger partial charge on any atom is 0.257 e. The predicted octanol–water partition coefficient (Wildman–Crippen LogP) is 3.41. The smallest absolute Gasteiger partial charge is 0.257 e. The number of rotatable bonds is 1. The maximum absolute atomic E-state index is 12.9. The Hall–Kier alpha value is -3.69. The Bertz CT molecular complexity index is 1130. The number of ether oxygens (including phenoxy) is 3. The SMILES string of the molecule is O=C1CN(C(=O)c2cncnc2)CCOCCOc2ccccc2Oc2ccc(Cl)cc2N1. The topological polar surface area (TPSA) is 103 Å². The van der Waals surface area contributed by atoms with Crippen molar-refractivity contribution in [3.05, 3.63) is 71.8 Å². The molecule has 1 aliphatic heterocycles. The van der Waals surface area contributed by atoms with E-state index in [1.165, 1.54) is 23.6 Å². The Balaban J connectivity index is 1.61. The molecule has 1 N–H and O–H groups in total. The molecule has 9 nitrogen and oxygen atoms in total. The van der Waals surface area contributed by atoms with Crippen LogP contribution in [-0.2, 0) is 9.53 Å². The molecule has 2 heterocycles. The van der Waals surface area contributed by atoms with Crippen molar-refractivity contribution in [3.63, 3.8) is 0 Å². The minimum Gasteiger partial charge on any atom is -0.487 e. The zero-order valence-corrected chi connectivity index (χ0v) is 18.3. The lowest BCUT2D eigenvalue weighted by atomic mass is 10.2. The molecule has 2 amide bonds. The third-order valence-corrected chi connectivity index (χ3v) is 4.94. The van der Waals surface area contributed by atoms with Gasteiger partial charge in [0.05, 0.1) is 24.5 Å². The number of nitrogens with zero attached hydrogens (tertiary/aromatic N) is 3. The molecule has 3 aromatic rings. The van der Waals surface area contributed by atoms with Crippen LogP contribution in [0.4, 0.5) is 5.69 Å². The van der Waals surface area contributed by atoms with Gasteiger partial charge in [0, 0.05) is 24.0 Å². The van der Waals surface area contributed by atoms with Gasteiger partial charge in [-0.25, -0.2) is 9.97 Å². The Morgan fingerprint density at radius 3 is 2.61 bits per heavy atom. The summed E-state index contributed by atoms with van der Waals surface area (Å²) < 4.78 is 17.4. The van der Waals surface area contributed by atoms with Crippen LogP contribution in [-0.4, -0.2) is 59.6 Å². The normalized spacial score (nSPS) is 14.9. The Labute approximate surface area is 195 Å². The van der Waals surface area contributed by atoms with Crippen molar-refractivity contribution in [2.75, 3.05) is 38.2 Å². The van der Waals surface area contributed by atoms with Gasteiger partial charge in [-0.15, -0.1) is 0 Å². The van der Waals surface area contributed by atoms with Crippen LogP contribution in [0.1, 0.15) is 10.4 Å². The fourth-order valence-corrected chi connectivity index (χ4v) is 3.33. The lowest BCUT2D eigenvalue weighted by Crippen LogP contribution is -2.40. The molecule has 0 spiro atoms. The second kappa shape index (κ2) is 10.8. The van der Waals surface area contributed by atoms with Crippen molar-refractivity contribution in [2.24, 2.45) is 0 Å². The molecular formula is C23H21ClN4O5. The van der Waals surface area contributed by atoms with Crippen LogP contribution < -0.4 is 14.8 Å². The molecule has 1 aromatic heterocycles. The highest BCUT2D eigenvalue weighted by atomic mass is 35.5. The zero-order chi connectivity index (χ0) is 23.0. The van der Waals surface area contributed by atoms with Gasteiger partial charge in [-0.3, -0.25) is 9.59 Å². The van der Waals surface area contributed by atoms with E-state index < -0.39 is 5.91 Å². The number of fused-ring (bicyclic) bond motifs is 2. The first-order chi connectivity index (χ1) is 16.1. The summed E-state index contributed by atoms with van der Waals surface area (Å²) in [5.41, 5.74) is 0.637. The van der Waals surface area contributed by atoms with Crippen LogP contribution >= 0.6 is 11.6 Å². The first-order valence-corrected chi connectivity index (χ1v) is 10.6. The van der Waals surface area contributed by atoms with Crippen LogP contribution in [0.25, 0.3) is 0 Å². The maximum atomic E-state index is 12.9. The minimum atomic E-state index is -0.424. The van der Waals surface area contributed by atoms with E-state index in [2.05, 4.69) is 15.3 Å². The molecule has 33 heavy (non-hydrogen) atoms. The van der Waals surface area contributed by atoms with Crippen molar-refractivity contribution in [3.8, 4) is 17.2 Å². The molecule has 1 aliphatic rings. The second-order valence-electron chi connectivity index (χ2n) is 7.05. The van der Waals surface area contributed by atoms with Crippen molar-refractivity contribution in [1.29, 1.82) is 0 Å². The summed E-state index contributed by atoms with van der Waals surface area (Å²) >= 11 is 6.15. The van der Waals surface area contributed by atoms with Crippen molar-refractivity contribution in [2.45, 2.75) is 0 Å². The molecular weight excluding hydrogens is 448 g/mol. The number of nitrogens with one attached hydrogen (secondary N) is 1. The summed E-state index contributed by atoms with van der Waals surface area (Å²) in [5, 5.41) is 3.20. The van der Waals surface area contributed by atoms with Crippen molar-refractivity contribution in [1.82, 2.24) is 14.9 Å². The van der Waals surface area contributed by atoms with Crippen LogP contribution in [0.5, 0.6) is 17.2 Å². The van der Waals surface area contributed by atoms with Gasteiger partial charge in [0.25, 0.3) is 5.91 Å². The van der Waals surface area contributed by atoms with E-state index in [0.717, 1.165) is 0 Å². The number of para-hydroxylation sites is 2. The summed E-state index contributed by atoms with van der Waals surface area (Å²) in [6.45, 7) is 0.776. The van der Waals surface area contributed by atoms with Crippen molar-refractivity contribution < 1.29 is 23.8 Å². The van der Waals surface area contributed by atoms with E-state index in [9.17, 15) is 9.59 Å². The minimum absolute atomic E-state index is 0.191. The number of carbonyl (C=O) groups excluding carboxylic acids is 2. The first-order valence-electron chi connectivity index (χ1n) is 10.2. The van der Waals surface area contributed by atoms with Gasteiger partial charge in [0.2, 0.25) is 5.91 Å². The number of carbonyl (C=O) groups is 2. The number of benzene rings is 2. The molecule has 0 saturated heterocycles. The average molecular weight is 469 g/mol. The Morgan fingerprint density at radius 1 is 1.00 bits per heavy atom. The molecule has 0 saturated carbocycles. The number of hydrogen-bond donors (Lipinski definition) is 1. The van der Waals surface area contributed by atoms with Gasteiger partial charge in [-0.2, -0.15) is 0 Å². The molecule has 0 radical (unpaired) electrons. The van der Waals surface area contributed by atoms with Gasteiger partial charge in [0.15, 0.2) is 17.2 Å². The third-order valence-electron chi connectivity index (χ3n) is 4.70. The van der Waals surface area contributed by atoms with E-state index in [4.69, 9.17) is 25.8 Å². The first kappa shape index (κ1) is 22.5. The summed E-state index contributed by atoms with van der Waals surface area (Å²) in [7, 11) is 0. The van der Waals surface area contributed by atoms with Crippen LogP contribution in [0.15, 0.2) is 61.2 Å². The van der Waals surface area contributed by atoms with Crippen molar-refractivity contribution >= 4 is 29.1 Å². The standard InChI is InChI=1S/C23H21ClN4O5/c24-17-5-6-19-18(11-17)27-22(29)14-28(23(30)16-12-25-15-26-13-16)7-8-31-9-10-32-20-3-1-2-4-21(20)33-19/h1-6,11-13,15H,7-10,14H2,(H,27,29). The summed E-state index contributed by atoms with van der Waals surface area (Å²) in [6, 6.07) is 12.1. The fourth-order valence-electron chi connectivity index (χ4n) is 3.16. The lowest BCUT2D eigenvalue weighted by molar-refractivity contribution is -0.117. The van der Waals surface area contributed by atoms with Crippen LogP contribution in [0.3, 0.4) is 0 Å². The number of anilines is 1. The van der Waals surface area contributed by atoms with Gasteiger partial charge >= 0.3 is 0 Å². The van der Waals surface area contributed by atoms with Gasteiger partial charge in [-0.05, 0) is 30.3 Å². The highest BCUT2D eigenvalue weighted by Crippen LogP contribution is 2.36. The summed E-state index contributed by atoms with van der Waals surface area (Å²) in [6.07, 6.45) is 4.13. The summed E-state index contributed by atoms with van der Waals surface area (Å²) in [4.78, 5) is 34.9. The van der Waals surface area contributed by atoms with Gasteiger partial charge in [0.1, 0.15) is 19.5 Å². The largest absolute Gasteiger partial charge is 0.487 e. The molecule has 170 valence electrons. The van der Waals surface area contributed by atoms with E-state index in [0.29, 0.717) is 34.6 Å². The highest BCUT2D eigenvalue weighted by Gasteiger charge is 2.21. The predicted molar refractivity (Wildman–Crippen MR) is 121 cm³/mol. The number of hydrogen-bond acceptors (Lipinski definition) is 7. The van der Waals surface area contributed by atoms with Crippen LogP contribution in [0.2, 0.25) is 5.02 Å². The molecule has 4 rings (SSSR count). The monoisotopic (exact) mass is 468 g/mol. The lowest BCUT2D eigenvalue weighted by Gasteiger charge is -2.22. The van der Waals surface area contributed by atoms with E-state index >= 15 is 0 Å².